The summed E-state index contributed by atoms with van der Waals surface area (Å²) < 4.78 is 0. The van der Waals surface area contributed by atoms with Crippen LogP contribution < -0.4 is 10.6 Å². The second-order valence-electron chi connectivity index (χ2n) is 5.07. The van der Waals surface area contributed by atoms with Crippen LogP contribution in [0.4, 0.5) is 0 Å². The van der Waals surface area contributed by atoms with Gasteiger partial charge >= 0.3 is 0 Å². The summed E-state index contributed by atoms with van der Waals surface area (Å²) in [7, 11) is 0. The summed E-state index contributed by atoms with van der Waals surface area (Å²) in [6.45, 7) is 3.23. The van der Waals surface area contributed by atoms with E-state index in [1.165, 1.54) is 12.8 Å². The van der Waals surface area contributed by atoms with Crippen LogP contribution in [-0.4, -0.2) is 24.5 Å². The number of carbonyl (C=O) groups excluding carboxylic acids is 1. The Kier molecular flexibility index (Phi) is 3.62. The van der Waals surface area contributed by atoms with Crippen molar-refractivity contribution >= 4 is 5.91 Å². The molecule has 2 atom stereocenters. The van der Waals surface area contributed by atoms with Crippen LogP contribution in [0.3, 0.4) is 0 Å². The van der Waals surface area contributed by atoms with Gasteiger partial charge in [-0.1, -0.05) is 12.8 Å². The fourth-order valence-corrected chi connectivity index (χ4v) is 2.77. The summed E-state index contributed by atoms with van der Waals surface area (Å²) in [6, 6.07) is 0.960. The van der Waals surface area contributed by atoms with Crippen LogP contribution in [0.15, 0.2) is 0 Å². The molecule has 2 aliphatic rings. The Morgan fingerprint density at radius 3 is 2.67 bits per heavy atom. The monoisotopic (exact) mass is 210 g/mol. The van der Waals surface area contributed by atoms with E-state index in [1.54, 1.807) is 0 Å². The first-order valence-corrected chi connectivity index (χ1v) is 6.29. The maximum absolute atomic E-state index is 11.9. The lowest BCUT2D eigenvalue weighted by Gasteiger charge is -2.29. The van der Waals surface area contributed by atoms with Crippen LogP contribution in [0, 0.1) is 5.92 Å². The van der Waals surface area contributed by atoms with Crippen molar-refractivity contribution in [2.45, 2.75) is 57.5 Å². The molecule has 1 heterocycles. The molecule has 0 radical (unpaired) electrons. The van der Waals surface area contributed by atoms with Crippen molar-refractivity contribution in [3.63, 3.8) is 0 Å². The van der Waals surface area contributed by atoms with Gasteiger partial charge in [0.15, 0.2) is 0 Å². The third-order valence-electron chi connectivity index (χ3n) is 3.70. The first-order chi connectivity index (χ1) is 7.25. The summed E-state index contributed by atoms with van der Waals surface area (Å²) in [6.07, 6.45) is 6.85. The smallest absolute Gasteiger partial charge is 0.223 e. The molecule has 0 spiro atoms. The Bertz CT molecular complexity index is 224. The molecule has 0 aromatic heterocycles. The molecule has 2 fully saturated rings. The van der Waals surface area contributed by atoms with Crippen molar-refractivity contribution in [2.75, 3.05) is 6.54 Å². The summed E-state index contributed by atoms with van der Waals surface area (Å²) >= 11 is 0. The molecule has 86 valence electrons. The van der Waals surface area contributed by atoms with Gasteiger partial charge in [-0.25, -0.2) is 0 Å². The van der Waals surface area contributed by atoms with Crippen molar-refractivity contribution in [1.29, 1.82) is 0 Å². The second-order valence-corrected chi connectivity index (χ2v) is 5.07. The minimum Gasteiger partial charge on any atom is -0.353 e. The number of amides is 1. The molecular formula is C12H22N2O. The van der Waals surface area contributed by atoms with Crippen molar-refractivity contribution in [3.05, 3.63) is 0 Å². The molecule has 15 heavy (non-hydrogen) atoms. The molecule has 3 nitrogen and oxygen atoms in total. The van der Waals surface area contributed by atoms with Gasteiger partial charge in [0.1, 0.15) is 0 Å². The van der Waals surface area contributed by atoms with Gasteiger partial charge in [-0.15, -0.1) is 0 Å². The second kappa shape index (κ2) is 4.97. The SMILES string of the molecule is CC1CC(NC(=O)C2CCCC2)CCN1. The standard InChI is InChI=1S/C12H22N2O/c1-9-8-11(6-7-13-9)14-12(15)10-4-2-3-5-10/h9-11,13H,2-8H2,1H3,(H,14,15). The van der Waals surface area contributed by atoms with Gasteiger partial charge in [0.05, 0.1) is 0 Å². The van der Waals surface area contributed by atoms with Gasteiger partial charge in [0, 0.05) is 18.0 Å². The van der Waals surface area contributed by atoms with Crippen molar-refractivity contribution in [2.24, 2.45) is 5.92 Å². The topological polar surface area (TPSA) is 41.1 Å². The Morgan fingerprint density at radius 2 is 2.00 bits per heavy atom. The molecule has 3 heteroatoms. The summed E-state index contributed by atoms with van der Waals surface area (Å²) in [5, 5.41) is 6.62. The van der Waals surface area contributed by atoms with Crippen molar-refractivity contribution in [3.8, 4) is 0 Å². The predicted molar refractivity (Wildman–Crippen MR) is 60.6 cm³/mol. The maximum Gasteiger partial charge on any atom is 0.223 e. The minimum absolute atomic E-state index is 0.312. The van der Waals surface area contributed by atoms with Crippen LogP contribution in [0.2, 0.25) is 0 Å². The fraction of sp³-hybridized carbons (Fsp3) is 0.917. The zero-order chi connectivity index (χ0) is 10.7. The number of hydrogen-bond donors (Lipinski definition) is 2. The van der Waals surface area contributed by atoms with E-state index in [4.69, 9.17) is 0 Å². The summed E-state index contributed by atoms with van der Waals surface area (Å²) in [4.78, 5) is 11.9. The van der Waals surface area contributed by atoms with Crippen LogP contribution in [0.5, 0.6) is 0 Å². The van der Waals surface area contributed by atoms with Crippen LogP contribution >= 0.6 is 0 Å². The zero-order valence-corrected chi connectivity index (χ0v) is 9.59. The summed E-state index contributed by atoms with van der Waals surface area (Å²) in [5.74, 6) is 0.627. The lowest BCUT2D eigenvalue weighted by Crippen LogP contribution is -2.47. The van der Waals surface area contributed by atoms with Crippen molar-refractivity contribution in [1.82, 2.24) is 10.6 Å². The van der Waals surface area contributed by atoms with Gasteiger partial charge < -0.3 is 10.6 Å². The predicted octanol–water partition coefficient (Wildman–Crippen LogP) is 1.43. The molecule has 1 amide bonds. The summed E-state index contributed by atoms with van der Waals surface area (Å²) in [5.41, 5.74) is 0. The molecule has 1 saturated carbocycles. The number of hydrogen-bond acceptors (Lipinski definition) is 2. The molecule has 0 aromatic carbocycles. The fourth-order valence-electron chi connectivity index (χ4n) is 2.77. The van der Waals surface area contributed by atoms with E-state index in [0.717, 1.165) is 32.2 Å². The molecule has 1 aliphatic heterocycles. The quantitative estimate of drug-likeness (QED) is 0.724. The Hall–Kier alpha value is -0.570. The molecule has 2 unspecified atom stereocenters. The van der Waals surface area contributed by atoms with E-state index >= 15 is 0 Å². The average Bonchev–Trinajstić information content (AvgIpc) is 2.70. The van der Waals surface area contributed by atoms with Gasteiger partial charge in [-0.3, -0.25) is 4.79 Å². The molecule has 0 aromatic rings. The largest absolute Gasteiger partial charge is 0.353 e. The van der Waals surface area contributed by atoms with E-state index in [-0.39, 0.29) is 0 Å². The van der Waals surface area contributed by atoms with E-state index in [0.29, 0.717) is 23.9 Å². The highest BCUT2D eigenvalue weighted by Gasteiger charge is 2.26. The number of rotatable bonds is 2. The molecule has 2 N–H and O–H groups in total. The number of nitrogens with one attached hydrogen (secondary N) is 2. The van der Waals surface area contributed by atoms with Crippen LogP contribution in [0.1, 0.15) is 45.4 Å². The lowest BCUT2D eigenvalue weighted by atomic mass is 9.99. The zero-order valence-electron chi connectivity index (χ0n) is 9.59. The Morgan fingerprint density at radius 1 is 1.27 bits per heavy atom. The minimum atomic E-state index is 0.312. The van der Waals surface area contributed by atoms with E-state index in [1.807, 2.05) is 0 Å². The third-order valence-corrected chi connectivity index (χ3v) is 3.70. The first kappa shape index (κ1) is 10.9. The molecule has 1 saturated heterocycles. The van der Waals surface area contributed by atoms with Gasteiger partial charge in [-0.05, 0) is 39.2 Å². The third kappa shape index (κ3) is 2.94. The van der Waals surface area contributed by atoms with Crippen molar-refractivity contribution < 1.29 is 4.79 Å². The molecule has 0 bridgehead atoms. The highest BCUT2D eigenvalue weighted by atomic mass is 16.1. The van der Waals surface area contributed by atoms with Gasteiger partial charge in [-0.2, -0.15) is 0 Å². The molecule has 1 aliphatic carbocycles. The Labute approximate surface area is 92.0 Å². The molecule has 2 rings (SSSR count). The number of carbonyl (C=O) groups is 1. The number of piperidine rings is 1. The average molecular weight is 210 g/mol. The van der Waals surface area contributed by atoms with Crippen LogP contribution in [-0.2, 0) is 4.79 Å². The Balaban J connectivity index is 1.77. The highest BCUT2D eigenvalue weighted by Crippen LogP contribution is 2.25. The van der Waals surface area contributed by atoms with Gasteiger partial charge in [0.25, 0.3) is 0 Å². The van der Waals surface area contributed by atoms with E-state index < -0.39 is 0 Å². The maximum atomic E-state index is 11.9. The van der Waals surface area contributed by atoms with Gasteiger partial charge in [0.2, 0.25) is 5.91 Å². The van der Waals surface area contributed by atoms with E-state index in [9.17, 15) is 4.79 Å². The van der Waals surface area contributed by atoms with Crippen LogP contribution in [0.25, 0.3) is 0 Å². The highest BCUT2D eigenvalue weighted by molar-refractivity contribution is 5.79. The normalized spacial score (nSPS) is 32.9. The van der Waals surface area contributed by atoms with E-state index in [2.05, 4.69) is 17.6 Å². The first-order valence-electron chi connectivity index (χ1n) is 6.29. The molecular weight excluding hydrogens is 188 g/mol. The lowest BCUT2D eigenvalue weighted by molar-refractivity contribution is -0.125.